The molecule has 0 bridgehead atoms. The molecule has 28 heteroatoms. The number of hydrogen-bond donors (Lipinski definition) is 1. The topological polar surface area (TPSA) is 306 Å². The van der Waals surface area contributed by atoms with Crippen LogP contribution in [0, 0.1) is 11.8 Å². The molecule has 416 valence electrons. The largest absolute Gasteiger partial charge is 0.444 e. The second-order valence-electron chi connectivity index (χ2n) is 19.9. The molecule has 25 nitrogen and oxygen atoms in total. The zero-order valence-corrected chi connectivity index (χ0v) is 46.0. The van der Waals surface area contributed by atoms with Crippen molar-refractivity contribution in [1.82, 2.24) is 19.7 Å². The molecule has 0 radical (unpaired) electrons. The second kappa shape index (κ2) is 25.1. The predicted octanol–water partition coefficient (Wildman–Crippen LogP) is 7.38. The van der Waals surface area contributed by atoms with E-state index >= 15 is 4.57 Å². The van der Waals surface area contributed by atoms with Crippen molar-refractivity contribution in [3.63, 3.8) is 0 Å². The van der Waals surface area contributed by atoms with Crippen LogP contribution in [0.25, 0.3) is 11.0 Å². The minimum absolute atomic E-state index is 0.124. The zero-order chi connectivity index (χ0) is 55.0. The Morgan fingerprint density at radius 3 is 2.16 bits per heavy atom. The highest BCUT2D eigenvalue weighted by atomic mass is 35.5. The molecule has 6 atom stereocenters. The third-order valence-electron chi connectivity index (χ3n) is 11.8. The molecular weight excluding hydrogens is 1050 g/mol. The number of carbonyl (C=O) groups is 5. The first-order valence-corrected chi connectivity index (χ1v) is 27.7. The summed E-state index contributed by atoms with van der Waals surface area (Å²) in [6.45, 7) is 10.5. The Kier molecular flexibility index (Phi) is 19.8. The molecule has 2 N–H and O–H groups in total. The van der Waals surface area contributed by atoms with Crippen LogP contribution in [-0.4, -0.2) is 131 Å². The van der Waals surface area contributed by atoms with Crippen LogP contribution >= 0.6 is 19.2 Å². The number of nitrogens with zero attached hydrogens (tertiary/aromatic N) is 6. The number of nitrogens with two attached hydrogens (primary N) is 1. The summed E-state index contributed by atoms with van der Waals surface area (Å²) in [5.41, 5.74) is 5.94. The summed E-state index contributed by atoms with van der Waals surface area (Å²) in [7, 11) is -7.22. The molecule has 3 aromatic rings. The van der Waals surface area contributed by atoms with Gasteiger partial charge in [0, 0.05) is 12.5 Å². The van der Waals surface area contributed by atoms with E-state index in [0.29, 0.717) is 23.8 Å². The van der Waals surface area contributed by atoms with E-state index in [1.807, 2.05) is 0 Å². The van der Waals surface area contributed by atoms with Crippen molar-refractivity contribution < 1.29 is 84.4 Å². The van der Waals surface area contributed by atoms with Crippen LogP contribution in [-0.2, 0) is 85.4 Å². The molecule has 2 aliphatic heterocycles. The van der Waals surface area contributed by atoms with E-state index in [9.17, 15) is 28.2 Å². The van der Waals surface area contributed by atoms with Crippen molar-refractivity contribution in [3.05, 3.63) is 47.4 Å². The van der Waals surface area contributed by atoms with Gasteiger partial charge in [0.2, 0.25) is 18.9 Å². The maximum atomic E-state index is 15.4. The fourth-order valence-electron chi connectivity index (χ4n) is 8.32. The molecule has 75 heavy (non-hydrogen) atoms. The number of esters is 2. The van der Waals surface area contributed by atoms with Crippen LogP contribution in [0.3, 0.4) is 0 Å². The lowest BCUT2D eigenvalue weighted by Gasteiger charge is -2.36. The smallest absolute Gasteiger partial charge is 0.416 e. The van der Waals surface area contributed by atoms with E-state index in [4.69, 9.17) is 69.0 Å². The lowest BCUT2D eigenvalue weighted by Crippen LogP contribution is -2.52. The lowest BCUT2D eigenvalue weighted by molar-refractivity contribution is -0.208. The second-order valence-corrected chi connectivity index (χ2v) is 23.5. The maximum absolute atomic E-state index is 15.4. The standard InChI is InChI=1S/C47H66ClN7O18PS/c1-27(2)39(56)64-25-67-74(61,68-26-65-40(57)28(3)4)47(41(49)58,24-63-21-20-32(29-16-12-11-13-17-29)70-43(59)53-75(10)62)66-23-33-34-35(72-46(8,9)71-34)38(69-33)55-37-31(22-50-55)36(51-42(48)52-37)54(30-18-14-15-19-30)44(60)73-45(5,6)7/h11-13,16-17,22,27-28,30,32-35,38H,14-15,18-21,23-26H2,1-10H3,(H2,49,58)/q-1/t32-,33-,34-,35-,38-,47+/m1/s1. The summed E-state index contributed by atoms with van der Waals surface area (Å²) in [4.78, 5) is 76.3. The van der Waals surface area contributed by atoms with Crippen LogP contribution in [0.15, 0.2) is 40.9 Å². The van der Waals surface area contributed by atoms with Crippen molar-refractivity contribution in [3.8, 4) is 0 Å². The first kappa shape index (κ1) is 59.4. The van der Waals surface area contributed by atoms with Gasteiger partial charge in [-0.2, -0.15) is 25.7 Å². The molecule has 3 aliphatic rings. The molecule has 2 aromatic heterocycles. The third kappa shape index (κ3) is 14.8. The van der Waals surface area contributed by atoms with E-state index < -0.39 is 134 Å². The van der Waals surface area contributed by atoms with Gasteiger partial charge in [0.05, 0.1) is 43.2 Å². The summed E-state index contributed by atoms with van der Waals surface area (Å²) < 4.78 is 96.7. The molecule has 2 saturated heterocycles. The molecule has 3 amide bonds. The summed E-state index contributed by atoms with van der Waals surface area (Å²) in [6.07, 6.45) is -1.57. The summed E-state index contributed by atoms with van der Waals surface area (Å²) >= 11 is 6.63. The number of benzene rings is 1. The Labute approximate surface area is 441 Å². The van der Waals surface area contributed by atoms with E-state index in [0.717, 1.165) is 12.8 Å². The molecule has 6 rings (SSSR count). The molecule has 0 unspecified atom stereocenters. The first-order valence-electron chi connectivity index (χ1n) is 24.2. The predicted molar refractivity (Wildman–Crippen MR) is 266 cm³/mol. The van der Waals surface area contributed by atoms with Gasteiger partial charge in [0.15, 0.2) is 23.5 Å². The number of anilines is 1. The van der Waals surface area contributed by atoms with Crippen molar-refractivity contribution in [2.45, 2.75) is 148 Å². The fraction of sp³-hybridized carbons (Fsp3) is 0.660. The number of amides is 3. The molecule has 4 heterocycles. The number of rotatable bonds is 23. The first-order chi connectivity index (χ1) is 35.2. The van der Waals surface area contributed by atoms with Gasteiger partial charge in [0.25, 0.3) is 11.2 Å². The SMILES string of the molecule is CC(C)C(=O)OCOP(=O)(OCOC(=O)C(C)C)[C@](COCC[C@@H](OC(=O)N=[S-](C)=O)c1ccccc1)(OC[C@H]1O[C@@H](n2ncc3c(N(C(=O)OC(C)(C)C)C4CCCC4)nc(Cl)nc32)[C@@H]2OC(C)(C)O[C@@H]21)C(N)=O. The normalized spacial score (nSPS) is 21.5. The van der Waals surface area contributed by atoms with E-state index in [-0.39, 0.29) is 35.8 Å². The van der Waals surface area contributed by atoms with Crippen LogP contribution in [0.1, 0.15) is 112 Å². The summed E-state index contributed by atoms with van der Waals surface area (Å²) in [6, 6.07) is 8.16. The zero-order valence-electron chi connectivity index (χ0n) is 43.5. The van der Waals surface area contributed by atoms with Crippen molar-refractivity contribution in [2.75, 3.05) is 44.6 Å². The number of aromatic nitrogens is 4. The number of halogens is 1. The highest BCUT2D eigenvalue weighted by Gasteiger charge is 2.62. The minimum atomic E-state index is -5.34. The van der Waals surface area contributed by atoms with Crippen molar-refractivity contribution in [2.24, 2.45) is 21.9 Å². The molecule has 1 saturated carbocycles. The lowest BCUT2D eigenvalue weighted by atomic mass is 10.1. The number of carbonyl (C=O) groups excluding carboxylic acids is 5. The van der Waals surface area contributed by atoms with Gasteiger partial charge < -0.3 is 52.6 Å². The minimum Gasteiger partial charge on any atom is -0.444 e. The highest BCUT2D eigenvalue weighted by molar-refractivity contribution is 7.74. The molecule has 0 spiro atoms. The monoisotopic (exact) mass is 1110 g/mol. The number of fused-ring (bicyclic) bond motifs is 2. The molecule has 3 fully saturated rings. The van der Waals surface area contributed by atoms with Gasteiger partial charge in [-0.3, -0.25) is 37.3 Å². The van der Waals surface area contributed by atoms with Gasteiger partial charge in [-0.05, 0) is 64.6 Å². The summed E-state index contributed by atoms with van der Waals surface area (Å²) in [5.74, 6) is -5.48. The average Bonchev–Trinajstić information content (AvgIpc) is 4.12. The Morgan fingerprint density at radius 1 is 0.973 bits per heavy atom. The number of hydrogen-bond acceptors (Lipinski definition) is 22. The fourth-order valence-corrected chi connectivity index (χ4v) is 10.4. The van der Waals surface area contributed by atoms with E-state index in [1.165, 1.54) is 49.7 Å². The number of ether oxygens (including phenoxy) is 9. The highest BCUT2D eigenvalue weighted by Crippen LogP contribution is 2.61. The Hall–Kier alpha value is -4.89. The van der Waals surface area contributed by atoms with Crippen molar-refractivity contribution >= 4 is 76.7 Å². The van der Waals surface area contributed by atoms with E-state index in [2.05, 4.69) is 19.4 Å². The number of primary amides is 1. The average molecular weight is 1120 g/mol. The van der Waals surface area contributed by atoms with Gasteiger partial charge in [-0.25, -0.2) is 14.3 Å². The molecular formula is C47H66ClN7O18PS-. The van der Waals surface area contributed by atoms with Crippen LogP contribution in [0.4, 0.5) is 15.4 Å². The van der Waals surface area contributed by atoms with Gasteiger partial charge in [-0.15, -0.1) is 6.26 Å². The van der Waals surface area contributed by atoms with Crippen LogP contribution in [0.5, 0.6) is 0 Å². The quantitative estimate of drug-likeness (QED) is 0.0184. The Balaban J connectivity index is 1.37. The van der Waals surface area contributed by atoms with Gasteiger partial charge in [0.1, 0.15) is 30.0 Å². The van der Waals surface area contributed by atoms with Crippen molar-refractivity contribution in [1.29, 1.82) is 0 Å². The Morgan fingerprint density at radius 2 is 1.59 bits per heavy atom. The maximum Gasteiger partial charge on any atom is 0.416 e. The van der Waals surface area contributed by atoms with Crippen LogP contribution in [0.2, 0.25) is 5.28 Å². The molecule has 1 aliphatic carbocycles. The van der Waals surface area contributed by atoms with E-state index in [1.54, 1.807) is 65.0 Å². The van der Waals surface area contributed by atoms with Crippen LogP contribution < -0.4 is 10.6 Å². The third-order valence-corrected chi connectivity index (χ3v) is 14.7. The van der Waals surface area contributed by atoms with Gasteiger partial charge >= 0.3 is 31.7 Å². The van der Waals surface area contributed by atoms with Gasteiger partial charge in [-0.1, -0.05) is 70.9 Å². The summed E-state index contributed by atoms with van der Waals surface area (Å²) in [5, 5.41) is 1.78. The molecule has 1 aromatic carbocycles. The Bertz CT molecular complexity index is 2630.